The molecule has 0 radical (unpaired) electrons. The molecule has 0 aliphatic carbocycles. The zero-order valence-corrected chi connectivity index (χ0v) is 16.2. The Balaban J connectivity index is 1.82. The molecule has 2 atom stereocenters. The average molecular weight is 409 g/mol. The third-order valence-corrected chi connectivity index (χ3v) is 5.87. The summed E-state index contributed by atoms with van der Waals surface area (Å²) in [7, 11) is 0.713. The molecule has 0 N–H and O–H groups in total. The highest BCUT2D eigenvalue weighted by Gasteiger charge is 2.18. The van der Waals surface area contributed by atoms with E-state index in [1.165, 1.54) is 0 Å². The number of carbonyl (C=O) groups is 1. The molecule has 0 spiro atoms. The first kappa shape index (κ1) is 18.8. The fourth-order valence-electron chi connectivity index (χ4n) is 2.27. The maximum atomic E-state index is 12.3. The van der Waals surface area contributed by atoms with E-state index in [1.54, 1.807) is 18.1 Å². The Morgan fingerprint density at radius 3 is 2.58 bits per heavy atom. The minimum absolute atomic E-state index is 0.0426. The molecule has 2 rings (SSSR count). The monoisotopic (exact) mass is 408 g/mol. The highest BCUT2D eigenvalue weighted by atomic mass is 79.9. The van der Waals surface area contributed by atoms with Gasteiger partial charge in [-0.1, -0.05) is 22.0 Å². The molecule has 0 fully saturated rings. The van der Waals surface area contributed by atoms with Crippen LogP contribution in [0.5, 0.6) is 0 Å². The molecule has 0 saturated heterocycles. The molecule has 2 aromatic rings. The maximum absolute atomic E-state index is 12.3. The molecule has 0 bridgehead atoms. The van der Waals surface area contributed by atoms with E-state index in [2.05, 4.69) is 20.9 Å². The molecule has 24 heavy (non-hydrogen) atoms. The van der Waals surface area contributed by atoms with Gasteiger partial charge in [0, 0.05) is 34.8 Å². The van der Waals surface area contributed by atoms with Crippen molar-refractivity contribution < 1.29 is 9.00 Å². The Labute approximate surface area is 153 Å². The van der Waals surface area contributed by atoms with Crippen molar-refractivity contribution in [2.24, 2.45) is 0 Å². The Hall–Kier alpha value is -1.53. The summed E-state index contributed by atoms with van der Waals surface area (Å²) in [5, 5.41) is 0. The molecule has 2 unspecified atom stereocenters. The number of pyridine rings is 1. The van der Waals surface area contributed by atoms with Gasteiger partial charge >= 0.3 is 0 Å². The number of hydrogen-bond donors (Lipinski definition) is 0. The van der Waals surface area contributed by atoms with Crippen LogP contribution in [0.15, 0.2) is 58.0 Å². The second-order valence-electron chi connectivity index (χ2n) is 5.54. The van der Waals surface area contributed by atoms with E-state index in [0.717, 1.165) is 15.1 Å². The molecule has 1 aromatic heterocycles. The van der Waals surface area contributed by atoms with Crippen molar-refractivity contribution in [1.82, 2.24) is 9.88 Å². The zero-order valence-electron chi connectivity index (χ0n) is 13.8. The van der Waals surface area contributed by atoms with E-state index < -0.39 is 10.8 Å². The van der Waals surface area contributed by atoms with E-state index in [1.807, 2.05) is 49.4 Å². The summed E-state index contributed by atoms with van der Waals surface area (Å²) in [6.45, 7) is 1.96. The van der Waals surface area contributed by atoms with Gasteiger partial charge in [0.2, 0.25) is 5.91 Å². The largest absolute Gasteiger partial charge is 0.337 e. The first-order valence-electron chi connectivity index (χ1n) is 7.79. The van der Waals surface area contributed by atoms with E-state index >= 15 is 0 Å². The lowest BCUT2D eigenvalue weighted by molar-refractivity contribution is -0.131. The second-order valence-corrected chi connectivity index (χ2v) is 8.03. The molecule has 1 heterocycles. The van der Waals surface area contributed by atoms with E-state index in [-0.39, 0.29) is 11.9 Å². The average Bonchev–Trinajstić information content (AvgIpc) is 2.61. The number of aromatic nitrogens is 1. The lowest BCUT2D eigenvalue weighted by Gasteiger charge is -2.24. The minimum Gasteiger partial charge on any atom is -0.337 e. The molecule has 1 aromatic carbocycles. The summed E-state index contributed by atoms with van der Waals surface area (Å²) >= 11 is 3.36. The fraction of sp³-hybridized carbons (Fsp3) is 0.333. The van der Waals surface area contributed by atoms with Crippen LogP contribution in [0.4, 0.5) is 0 Å². The topological polar surface area (TPSA) is 50.3 Å². The van der Waals surface area contributed by atoms with Gasteiger partial charge in [0.25, 0.3) is 0 Å². The van der Waals surface area contributed by atoms with Gasteiger partial charge in [-0.25, -0.2) is 0 Å². The number of rotatable bonds is 7. The summed E-state index contributed by atoms with van der Waals surface area (Å²) in [5.41, 5.74) is 0.867. The van der Waals surface area contributed by atoms with Crippen LogP contribution in [-0.2, 0) is 15.6 Å². The number of benzene rings is 1. The minimum atomic E-state index is -1.07. The number of hydrogen-bond acceptors (Lipinski definition) is 3. The number of amides is 1. The molecule has 0 aliphatic heterocycles. The molecule has 1 amide bonds. The normalized spacial score (nSPS) is 13.3. The number of halogens is 1. The summed E-state index contributed by atoms with van der Waals surface area (Å²) in [6.07, 6.45) is 2.71. The van der Waals surface area contributed by atoms with Crippen LogP contribution in [0.3, 0.4) is 0 Å². The van der Waals surface area contributed by atoms with Crippen LogP contribution < -0.4 is 0 Å². The molecular formula is C18H21BrN2O2S. The summed E-state index contributed by atoms with van der Waals surface area (Å²) in [6, 6.07) is 13.1. The Morgan fingerprint density at radius 2 is 1.96 bits per heavy atom. The number of carbonyl (C=O) groups excluding carboxylic acids is 1. The highest BCUT2D eigenvalue weighted by molar-refractivity contribution is 9.10. The smallest absolute Gasteiger partial charge is 0.222 e. The van der Waals surface area contributed by atoms with Crippen LogP contribution in [0.2, 0.25) is 0 Å². The van der Waals surface area contributed by atoms with Crippen molar-refractivity contribution in [3.63, 3.8) is 0 Å². The molecule has 0 aliphatic rings. The zero-order chi connectivity index (χ0) is 17.5. The standard InChI is InChI=1S/C18H21BrN2O2S/c1-14(17-6-3-4-12-20-17)21(2)18(22)7-5-13-24(23)16-10-8-15(19)9-11-16/h3-4,6,8-12,14H,5,7,13H2,1-2H3. The van der Waals surface area contributed by atoms with Gasteiger partial charge in [-0.2, -0.15) is 0 Å². The summed E-state index contributed by atoms with van der Waals surface area (Å²) < 4.78 is 13.2. The third-order valence-electron chi connectivity index (χ3n) is 3.89. The molecule has 0 saturated carbocycles. The van der Waals surface area contributed by atoms with Crippen molar-refractivity contribution in [3.8, 4) is 0 Å². The van der Waals surface area contributed by atoms with Crippen molar-refractivity contribution in [2.45, 2.75) is 30.7 Å². The Bertz CT molecular complexity index is 692. The van der Waals surface area contributed by atoms with Gasteiger partial charge in [0.15, 0.2) is 0 Å². The Morgan fingerprint density at radius 1 is 1.25 bits per heavy atom. The van der Waals surface area contributed by atoms with Gasteiger partial charge in [0.05, 0.1) is 22.5 Å². The lowest BCUT2D eigenvalue weighted by Crippen LogP contribution is -2.30. The fourth-order valence-corrected chi connectivity index (χ4v) is 3.62. The van der Waals surface area contributed by atoms with Crippen LogP contribution in [0, 0.1) is 0 Å². The quantitative estimate of drug-likeness (QED) is 0.696. The first-order chi connectivity index (χ1) is 11.5. The Kier molecular flexibility index (Phi) is 7.12. The highest BCUT2D eigenvalue weighted by Crippen LogP contribution is 2.18. The predicted molar refractivity (Wildman–Crippen MR) is 100 cm³/mol. The van der Waals surface area contributed by atoms with Crippen LogP contribution in [-0.4, -0.2) is 32.8 Å². The van der Waals surface area contributed by atoms with Gasteiger partial charge < -0.3 is 4.90 Å². The van der Waals surface area contributed by atoms with E-state index in [9.17, 15) is 9.00 Å². The van der Waals surface area contributed by atoms with Gasteiger partial charge in [0.1, 0.15) is 0 Å². The summed E-state index contributed by atoms with van der Waals surface area (Å²) in [4.78, 5) is 19.1. The van der Waals surface area contributed by atoms with E-state index in [0.29, 0.717) is 18.6 Å². The maximum Gasteiger partial charge on any atom is 0.222 e. The lowest BCUT2D eigenvalue weighted by atomic mass is 10.1. The third kappa shape index (κ3) is 5.24. The molecule has 128 valence electrons. The first-order valence-corrected chi connectivity index (χ1v) is 9.90. The molecule has 4 nitrogen and oxygen atoms in total. The van der Waals surface area contributed by atoms with Crippen molar-refractivity contribution >= 4 is 32.6 Å². The van der Waals surface area contributed by atoms with Crippen LogP contribution >= 0.6 is 15.9 Å². The SMILES string of the molecule is CC(c1ccccn1)N(C)C(=O)CCCS(=O)c1ccc(Br)cc1. The summed E-state index contributed by atoms with van der Waals surface area (Å²) in [5.74, 6) is 0.528. The predicted octanol–water partition coefficient (Wildman–Crippen LogP) is 3.95. The van der Waals surface area contributed by atoms with E-state index in [4.69, 9.17) is 0 Å². The van der Waals surface area contributed by atoms with Crippen LogP contribution in [0.1, 0.15) is 31.5 Å². The van der Waals surface area contributed by atoms with Crippen molar-refractivity contribution in [2.75, 3.05) is 12.8 Å². The van der Waals surface area contributed by atoms with Gasteiger partial charge in [-0.15, -0.1) is 0 Å². The molecule has 6 heteroatoms. The van der Waals surface area contributed by atoms with Gasteiger partial charge in [-0.05, 0) is 49.7 Å². The molecular weight excluding hydrogens is 388 g/mol. The van der Waals surface area contributed by atoms with Crippen molar-refractivity contribution in [1.29, 1.82) is 0 Å². The van der Waals surface area contributed by atoms with Crippen LogP contribution in [0.25, 0.3) is 0 Å². The van der Waals surface area contributed by atoms with Crippen molar-refractivity contribution in [3.05, 3.63) is 58.8 Å². The second kappa shape index (κ2) is 9.08. The number of nitrogens with zero attached hydrogens (tertiary/aromatic N) is 2. The van der Waals surface area contributed by atoms with Gasteiger partial charge in [-0.3, -0.25) is 14.0 Å².